The van der Waals surface area contributed by atoms with Crippen LogP contribution in [0.25, 0.3) is 10.8 Å². The predicted octanol–water partition coefficient (Wildman–Crippen LogP) is 5.89. The predicted molar refractivity (Wildman–Crippen MR) is 177 cm³/mol. The molecular formula is C33H39F3N2O8S2. The maximum absolute atomic E-state index is 13.4. The van der Waals surface area contributed by atoms with Gasteiger partial charge in [-0.15, -0.1) is 0 Å². The molecule has 0 aliphatic carbocycles. The number of hydrogen-bond acceptors (Lipinski definition) is 10. The lowest BCUT2D eigenvalue weighted by Gasteiger charge is -2.35. The van der Waals surface area contributed by atoms with Crippen molar-refractivity contribution in [3.05, 3.63) is 83.4 Å². The van der Waals surface area contributed by atoms with Crippen molar-refractivity contribution in [3.8, 4) is 0 Å². The number of amides is 2. The molecule has 48 heavy (non-hydrogen) atoms. The fourth-order valence-electron chi connectivity index (χ4n) is 5.33. The summed E-state index contributed by atoms with van der Waals surface area (Å²) < 4.78 is 55.6. The summed E-state index contributed by atoms with van der Waals surface area (Å²) >= 11 is 0. The number of aryl methyl sites for hydroxylation is 1. The van der Waals surface area contributed by atoms with E-state index < -0.39 is 55.1 Å². The molecular weight excluding hydrogens is 673 g/mol. The van der Waals surface area contributed by atoms with Crippen molar-refractivity contribution in [1.29, 1.82) is 0 Å². The normalized spacial score (nSPS) is 20.2. The Morgan fingerprint density at radius 2 is 1.83 bits per heavy atom. The van der Waals surface area contributed by atoms with E-state index in [1.165, 1.54) is 27.7 Å². The molecule has 3 aromatic carbocycles. The van der Waals surface area contributed by atoms with E-state index in [2.05, 4.69) is 5.32 Å². The van der Waals surface area contributed by atoms with Crippen LogP contribution >= 0.6 is 21.6 Å². The Labute approximate surface area is 284 Å². The third-order valence-electron chi connectivity index (χ3n) is 7.82. The van der Waals surface area contributed by atoms with Crippen molar-refractivity contribution in [2.75, 3.05) is 31.4 Å². The van der Waals surface area contributed by atoms with Crippen molar-refractivity contribution in [3.63, 3.8) is 0 Å². The van der Waals surface area contributed by atoms with Gasteiger partial charge in [-0.1, -0.05) is 82.3 Å². The highest BCUT2D eigenvalue weighted by atomic mass is 33.1. The van der Waals surface area contributed by atoms with Crippen LogP contribution in [0, 0.1) is 0 Å². The van der Waals surface area contributed by atoms with Crippen LogP contribution < -0.4 is 5.32 Å². The highest BCUT2D eigenvalue weighted by molar-refractivity contribution is 8.76. The molecule has 15 heteroatoms. The molecule has 0 bridgehead atoms. The van der Waals surface area contributed by atoms with Crippen LogP contribution in [0.3, 0.4) is 0 Å². The van der Waals surface area contributed by atoms with Gasteiger partial charge >= 0.3 is 18.4 Å². The molecule has 0 aromatic heterocycles. The molecule has 3 aromatic rings. The Morgan fingerprint density at radius 3 is 2.60 bits per heavy atom. The number of halogens is 3. The molecule has 4 rings (SSSR count). The zero-order valence-electron chi connectivity index (χ0n) is 26.2. The molecule has 0 spiro atoms. The first-order valence-corrected chi connectivity index (χ1v) is 17.8. The van der Waals surface area contributed by atoms with Gasteiger partial charge in [-0.2, -0.15) is 13.2 Å². The Bertz CT molecular complexity index is 1500. The third kappa shape index (κ3) is 10.6. The summed E-state index contributed by atoms with van der Waals surface area (Å²) in [5, 5.41) is 33.4. The second-order valence-electron chi connectivity index (χ2n) is 11.1. The first-order chi connectivity index (χ1) is 23.0. The summed E-state index contributed by atoms with van der Waals surface area (Å²) in [6.45, 7) is 1.82. The molecule has 1 aliphatic heterocycles. The van der Waals surface area contributed by atoms with Gasteiger partial charge in [0, 0.05) is 25.3 Å². The molecule has 262 valence electrons. The number of aliphatic hydroxyl groups excluding tert-OH is 3. The molecule has 10 nitrogen and oxygen atoms in total. The lowest BCUT2D eigenvalue weighted by atomic mass is 9.98. The number of rotatable bonds is 14. The first-order valence-electron chi connectivity index (χ1n) is 15.4. The van der Waals surface area contributed by atoms with E-state index in [1.54, 1.807) is 11.0 Å². The Morgan fingerprint density at radius 1 is 1.08 bits per heavy atom. The van der Waals surface area contributed by atoms with Gasteiger partial charge in [0.2, 0.25) is 6.29 Å². The quantitative estimate of drug-likeness (QED) is 0.0911. The molecule has 1 saturated heterocycles. The molecule has 1 fully saturated rings. The summed E-state index contributed by atoms with van der Waals surface area (Å²) in [6.07, 6.45) is -9.83. The van der Waals surface area contributed by atoms with Crippen LogP contribution in [0.4, 0.5) is 22.8 Å². The molecule has 1 heterocycles. The van der Waals surface area contributed by atoms with E-state index in [0.717, 1.165) is 28.5 Å². The Hall–Kier alpha value is -3.21. The minimum atomic E-state index is -4.44. The van der Waals surface area contributed by atoms with Crippen LogP contribution in [0.5, 0.6) is 0 Å². The average molecular weight is 713 g/mol. The SMILES string of the molecule is C[C@H](c1cccc2ccccc12)N(CCCc1cccc(C(F)(F)F)c1)C(=O)OCSSCCNC(=O)O[C@H]1C[C@@H](O)[C@H](O)[C@@H](CO)O1. The van der Waals surface area contributed by atoms with Gasteiger partial charge in [0.05, 0.1) is 24.3 Å². The van der Waals surface area contributed by atoms with E-state index in [0.29, 0.717) is 24.2 Å². The van der Waals surface area contributed by atoms with Gasteiger partial charge < -0.3 is 39.7 Å². The van der Waals surface area contributed by atoms with Crippen LogP contribution in [-0.2, 0) is 26.8 Å². The topological polar surface area (TPSA) is 138 Å². The number of ether oxygens (including phenoxy) is 3. The molecule has 0 saturated carbocycles. The second-order valence-corrected chi connectivity index (χ2v) is 13.6. The Kier molecular flexibility index (Phi) is 14.1. The van der Waals surface area contributed by atoms with E-state index >= 15 is 0 Å². The lowest BCUT2D eigenvalue weighted by Crippen LogP contribution is -2.51. The first kappa shape index (κ1) is 37.6. The number of aliphatic hydroxyl groups is 3. The largest absolute Gasteiger partial charge is 0.437 e. The van der Waals surface area contributed by atoms with Crippen molar-refractivity contribution in [2.45, 2.75) is 63.0 Å². The third-order valence-corrected chi connectivity index (χ3v) is 9.86. The van der Waals surface area contributed by atoms with Gasteiger partial charge in [0.25, 0.3) is 0 Å². The molecule has 4 N–H and O–H groups in total. The number of alkyl halides is 3. The van der Waals surface area contributed by atoms with Crippen molar-refractivity contribution in [2.24, 2.45) is 0 Å². The second kappa shape index (κ2) is 18.0. The zero-order chi connectivity index (χ0) is 34.7. The van der Waals surface area contributed by atoms with Gasteiger partial charge in [-0.25, -0.2) is 9.59 Å². The van der Waals surface area contributed by atoms with E-state index in [4.69, 9.17) is 14.2 Å². The lowest BCUT2D eigenvalue weighted by molar-refractivity contribution is -0.238. The van der Waals surface area contributed by atoms with E-state index in [-0.39, 0.29) is 31.5 Å². The number of benzene rings is 3. The summed E-state index contributed by atoms with van der Waals surface area (Å²) in [5.74, 6) is 0.454. The van der Waals surface area contributed by atoms with Crippen molar-refractivity contribution >= 4 is 44.5 Å². The van der Waals surface area contributed by atoms with Crippen LogP contribution in [-0.4, -0.2) is 88.4 Å². The van der Waals surface area contributed by atoms with Crippen LogP contribution in [0.1, 0.15) is 42.5 Å². The van der Waals surface area contributed by atoms with Crippen LogP contribution in [0.2, 0.25) is 0 Å². The monoisotopic (exact) mass is 712 g/mol. The standard InChI is InChI=1S/C33H39F3N2O8S2/c1-21(25-13-5-10-23-9-2-3-12-26(23)25)38(15-6-8-22-7-4-11-24(17-22)33(34,35)36)32(43)44-20-48-47-16-14-37-31(42)46-29-18-27(40)30(41)28(19-39)45-29/h2-5,7,9-13,17,21,27-30,39-41H,6,8,14-16,18-20H2,1H3,(H,37,42)/t21-,27-,28-,29+,30+/m1/s1. The molecule has 0 radical (unpaired) electrons. The summed E-state index contributed by atoms with van der Waals surface area (Å²) in [4.78, 5) is 27.0. The number of carbonyl (C=O) groups excluding carboxylic acids is 2. The number of hydrogen-bond donors (Lipinski definition) is 4. The van der Waals surface area contributed by atoms with Crippen LogP contribution in [0.15, 0.2) is 66.7 Å². The van der Waals surface area contributed by atoms with Gasteiger partial charge in [0.15, 0.2) is 0 Å². The van der Waals surface area contributed by atoms with Gasteiger partial charge in [0.1, 0.15) is 18.1 Å². The molecule has 5 atom stereocenters. The fraction of sp³-hybridized carbons (Fsp3) is 0.455. The number of nitrogens with zero attached hydrogens (tertiary/aromatic N) is 1. The fourth-order valence-corrected chi connectivity index (χ4v) is 6.80. The minimum Gasteiger partial charge on any atom is -0.437 e. The van der Waals surface area contributed by atoms with Crippen molar-refractivity contribution in [1.82, 2.24) is 10.2 Å². The minimum absolute atomic E-state index is 0.0129. The van der Waals surface area contributed by atoms with E-state index in [1.807, 2.05) is 49.4 Å². The summed E-state index contributed by atoms with van der Waals surface area (Å²) in [7, 11) is 2.61. The summed E-state index contributed by atoms with van der Waals surface area (Å²) in [5.41, 5.74) is 0.731. The highest BCUT2D eigenvalue weighted by Crippen LogP contribution is 2.31. The molecule has 1 aliphatic rings. The average Bonchev–Trinajstić information content (AvgIpc) is 3.07. The molecule has 0 unspecified atom stereocenters. The zero-order valence-corrected chi connectivity index (χ0v) is 27.8. The van der Waals surface area contributed by atoms with Gasteiger partial charge in [-0.3, -0.25) is 0 Å². The van der Waals surface area contributed by atoms with Crippen molar-refractivity contribution < 1.29 is 52.3 Å². The Balaban J connectivity index is 1.26. The number of carbonyl (C=O) groups is 2. The van der Waals surface area contributed by atoms with E-state index in [9.17, 15) is 38.1 Å². The number of nitrogens with one attached hydrogen (secondary N) is 1. The smallest absolute Gasteiger partial charge is 0.416 e. The number of fused-ring (bicyclic) bond motifs is 1. The van der Waals surface area contributed by atoms with Gasteiger partial charge in [-0.05, 0) is 47.7 Å². The maximum Gasteiger partial charge on any atom is 0.416 e. The maximum atomic E-state index is 13.4. The summed E-state index contributed by atoms with van der Waals surface area (Å²) in [6, 6.07) is 18.5. The highest BCUT2D eigenvalue weighted by Gasteiger charge is 2.38. The molecule has 2 amide bonds. The number of alkyl carbamates (subject to hydrolysis) is 1.